The summed E-state index contributed by atoms with van der Waals surface area (Å²) in [5.74, 6) is 0.692. The van der Waals surface area contributed by atoms with Crippen molar-refractivity contribution >= 4 is 0 Å². The van der Waals surface area contributed by atoms with Crippen LogP contribution in [0.3, 0.4) is 0 Å². The average molecular weight is 411 g/mol. The van der Waals surface area contributed by atoms with E-state index >= 15 is 0 Å². The number of phenols is 2. The summed E-state index contributed by atoms with van der Waals surface area (Å²) in [6, 6.07) is 27.5. The van der Waals surface area contributed by atoms with Crippen LogP contribution in [0.4, 0.5) is 0 Å². The minimum Gasteiger partial charge on any atom is -0.508 e. The highest BCUT2D eigenvalue weighted by molar-refractivity contribution is 5.74. The fourth-order valence-corrected chi connectivity index (χ4v) is 3.91. The van der Waals surface area contributed by atoms with E-state index in [-0.39, 0.29) is 0 Å². The van der Waals surface area contributed by atoms with Crippen molar-refractivity contribution in [2.75, 3.05) is 0 Å². The Kier molecular flexibility index (Phi) is 7.15. The molecule has 0 saturated heterocycles. The summed E-state index contributed by atoms with van der Waals surface area (Å²) in [6.45, 7) is 8.29. The van der Waals surface area contributed by atoms with Gasteiger partial charge in [-0.15, -0.1) is 0 Å². The van der Waals surface area contributed by atoms with Crippen LogP contribution in [0.2, 0.25) is 0 Å². The fraction of sp³-hybridized carbons (Fsp3) is 0.172. The van der Waals surface area contributed by atoms with Crippen LogP contribution in [-0.2, 0) is 6.42 Å². The van der Waals surface area contributed by atoms with E-state index in [1.807, 2.05) is 80.6 Å². The molecule has 0 bridgehead atoms. The van der Waals surface area contributed by atoms with E-state index in [1.54, 1.807) is 6.07 Å². The van der Waals surface area contributed by atoms with Gasteiger partial charge >= 0.3 is 0 Å². The molecule has 0 saturated carbocycles. The molecule has 4 rings (SSSR count). The van der Waals surface area contributed by atoms with E-state index < -0.39 is 0 Å². The molecule has 0 aliphatic rings. The topological polar surface area (TPSA) is 40.5 Å². The molecular formula is C29H30O2. The maximum absolute atomic E-state index is 9.87. The fourth-order valence-electron chi connectivity index (χ4n) is 3.91. The van der Waals surface area contributed by atoms with Crippen molar-refractivity contribution in [2.24, 2.45) is 0 Å². The molecule has 0 unspecified atom stereocenters. The van der Waals surface area contributed by atoms with Gasteiger partial charge in [-0.05, 0) is 84.3 Å². The molecule has 0 amide bonds. The highest BCUT2D eigenvalue weighted by atomic mass is 16.3. The summed E-state index contributed by atoms with van der Waals surface area (Å²) in [7, 11) is 0. The van der Waals surface area contributed by atoms with Crippen LogP contribution >= 0.6 is 0 Å². The van der Waals surface area contributed by atoms with Gasteiger partial charge in [0.15, 0.2) is 0 Å². The van der Waals surface area contributed by atoms with Gasteiger partial charge in [0.2, 0.25) is 0 Å². The normalized spacial score (nSPS) is 10.3. The van der Waals surface area contributed by atoms with Crippen molar-refractivity contribution in [3.63, 3.8) is 0 Å². The summed E-state index contributed by atoms with van der Waals surface area (Å²) in [5, 5.41) is 19.5. The molecule has 0 spiro atoms. The van der Waals surface area contributed by atoms with E-state index in [9.17, 15) is 10.2 Å². The molecule has 31 heavy (non-hydrogen) atoms. The number of aromatic hydroxyl groups is 2. The predicted octanol–water partition coefficient (Wildman–Crippen LogP) is 7.61. The van der Waals surface area contributed by atoms with E-state index in [0.29, 0.717) is 11.5 Å². The third kappa shape index (κ3) is 5.16. The molecule has 4 aromatic carbocycles. The molecule has 2 heteroatoms. The smallest absolute Gasteiger partial charge is 0.123 e. The number of phenolic OH excluding ortho intramolecular Hbond substituents is 2. The van der Waals surface area contributed by atoms with Gasteiger partial charge in [-0.2, -0.15) is 0 Å². The quantitative estimate of drug-likeness (QED) is 0.365. The van der Waals surface area contributed by atoms with Crippen molar-refractivity contribution < 1.29 is 10.2 Å². The summed E-state index contributed by atoms with van der Waals surface area (Å²) in [6.07, 6.45) is 0.982. The van der Waals surface area contributed by atoms with E-state index in [4.69, 9.17) is 0 Å². The van der Waals surface area contributed by atoms with Crippen LogP contribution < -0.4 is 0 Å². The maximum Gasteiger partial charge on any atom is 0.123 e. The molecule has 0 aliphatic carbocycles. The Morgan fingerprint density at radius 1 is 0.645 bits per heavy atom. The van der Waals surface area contributed by atoms with Gasteiger partial charge in [0.1, 0.15) is 11.5 Å². The minimum absolute atomic E-state index is 0.341. The SMILES string of the molecule is CCc1c(C)cc(O)cc1-c1ccccc1.Cc1ccc(O)c(-c2ccccc2)c1C. The zero-order valence-electron chi connectivity index (χ0n) is 18.7. The Labute approximate surface area is 185 Å². The molecule has 2 nitrogen and oxygen atoms in total. The Bertz CT molecular complexity index is 1150. The van der Waals surface area contributed by atoms with Crippen molar-refractivity contribution in [2.45, 2.75) is 34.1 Å². The van der Waals surface area contributed by atoms with Crippen LogP contribution in [0.5, 0.6) is 11.5 Å². The van der Waals surface area contributed by atoms with Gasteiger partial charge in [0.05, 0.1) is 0 Å². The average Bonchev–Trinajstić information content (AvgIpc) is 2.78. The number of hydrogen-bond acceptors (Lipinski definition) is 2. The van der Waals surface area contributed by atoms with Gasteiger partial charge in [-0.1, -0.05) is 73.7 Å². The second kappa shape index (κ2) is 9.99. The Hall–Kier alpha value is -3.52. The van der Waals surface area contributed by atoms with Crippen molar-refractivity contribution in [3.8, 4) is 33.8 Å². The molecule has 0 radical (unpaired) electrons. The summed E-state index contributed by atoms with van der Waals surface area (Å²) in [4.78, 5) is 0. The second-order valence-electron chi connectivity index (χ2n) is 7.78. The third-order valence-electron chi connectivity index (χ3n) is 5.67. The van der Waals surface area contributed by atoms with Crippen LogP contribution in [0, 0.1) is 20.8 Å². The maximum atomic E-state index is 9.87. The first kappa shape index (κ1) is 22.2. The lowest BCUT2D eigenvalue weighted by Gasteiger charge is -2.12. The van der Waals surface area contributed by atoms with E-state index in [0.717, 1.165) is 34.2 Å². The van der Waals surface area contributed by atoms with E-state index in [1.165, 1.54) is 16.7 Å². The molecule has 0 fully saturated rings. The van der Waals surface area contributed by atoms with Gasteiger partial charge < -0.3 is 10.2 Å². The molecule has 0 heterocycles. The van der Waals surface area contributed by atoms with Crippen LogP contribution in [0.25, 0.3) is 22.3 Å². The van der Waals surface area contributed by atoms with Crippen LogP contribution in [-0.4, -0.2) is 10.2 Å². The lowest BCUT2D eigenvalue weighted by molar-refractivity contribution is 0.474. The van der Waals surface area contributed by atoms with Gasteiger partial charge in [0, 0.05) is 5.56 Å². The number of hydrogen-bond donors (Lipinski definition) is 2. The Balaban J connectivity index is 0.000000176. The lowest BCUT2D eigenvalue weighted by Crippen LogP contribution is -1.91. The molecule has 2 N–H and O–H groups in total. The zero-order valence-corrected chi connectivity index (χ0v) is 18.7. The minimum atomic E-state index is 0.341. The van der Waals surface area contributed by atoms with Crippen LogP contribution in [0.1, 0.15) is 29.2 Å². The number of rotatable bonds is 3. The summed E-state index contributed by atoms with van der Waals surface area (Å²) in [5.41, 5.74) is 9.11. The van der Waals surface area contributed by atoms with Crippen LogP contribution in [0.15, 0.2) is 84.9 Å². The van der Waals surface area contributed by atoms with Gasteiger partial charge in [0.25, 0.3) is 0 Å². The highest BCUT2D eigenvalue weighted by Crippen LogP contribution is 2.33. The third-order valence-corrected chi connectivity index (χ3v) is 5.67. The Morgan fingerprint density at radius 2 is 1.23 bits per heavy atom. The van der Waals surface area contributed by atoms with Crippen molar-refractivity contribution in [3.05, 3.63) is 107 Å². The van der Waals surface area contributed by atoms with E-state index in [2.05, 4.69) is 26.0 Å². The van der Waals surface area contributed by atoms with Crippen molar-refractivity contribution in [1.82, 2.24) is 0 Å². The molecule has 0 atom stereocenters. The lowest BCUT2D eigenvalue weighted by atomic mass is 9.94. The van der Waals surface area contributed by atoms with Gasteiger partial charge in [-0.25, -0.2) is 0 Å². The molecular weight excluding hydrogens is 380 g/mol. The zero-order chi connectivity index (χ0) is 22.4. The molecule has 0 aromatic heterocycles. The first-order valence-electron chi connectivity index (χ1n) is 10.6. The second-order valence-corrected chi connectivity index (χ2v) is 7.78. The molecule has 4 aromatic rings. The monoisotopic (exact) mass is 410 g/mol. The predicted molar refractivity (Wildman–Crippen MR) is 131 cm³/mol. The molecule has 158 valence electrons. The highest BCUT2D eigenvalue weighted by Gasteiger charge is 2.09. The summed E-state index contributed by atoms with van der Waals surface area (Å²) < 4.78 is 0. The largest absolute Gasteiger partial charge is 0.508 e. The van der Waals surface area contributed by atoms with Gasteiger partial charge in [-0.3, -0.25) is 0 Å². The number of aryl methyl sites for hydroxylation is 2. The van der Waals surface area contributed by atoms with Crippen molar-refractivity contribution in [1.29, 1.82) is 0 Å². The first-order chi connectivity index (χ1) is 14.9. The molecule has 0 aliphatic heterocycles. The summed E-state index contributed by atoms with van der Waals surface area (Å²) >= 11 is 0. The standard InChI is InChI=1S/C15H16O.C14H14O/c1-3-14-11(2)9-13(16)10-15(14)12-7-5-4-6-8-12;1-10-8-9-13(15)14(11(10)2)12-6-4-3-5-7-12/h4-10,16H,3H2,1-2H3;3-9,15H,1-2H3. The first-order valence-corrected chi connectivity index (χ1v) is 10.6. The number of benzene rings is 4. The Morgan fingerprint density at radius 3 is 1.81 bits per heavy atom.